The van der Waals surface area contributed by atoms with Crippen LogP contribution in [0.5, 0.6) is 0 Å². The monoisotopic (exact) mass is 494 g/mol. The minimum atomic E-state index is -3.51. The van der Waals surface area contributed by atoms with Crippen LogP contribution in [0.3, 0.4) is 0 Å². The van der Waals surface area contributed by atoms with Crippen molar-refractivity contribution in [1.82, 2.24) is 4.90 Å². The van der Waals surface area contributed by atoms with Gasteiger partial charge in [0.2, 0.25) is 0 Å². The molecule has 2 heterocycles. The molecule has 0 saturated carbocycles. The minimum absolute atomic E-state index is 0.331. The summed E-state index contributed by atoms with van der Waals surface area (Å²) in [5.74, 6) is 0.421. The zero-order valence-corrected chi connectivity index (χ0v) is 21.3. The average molecular weight is 495 g/mol. The number of allylic oxidation sites excluding steroid dienone is 2. The molecule has 0 radical (unpaired) electrons. The van der Waals surface area contributed by atoms with E-state index in [-0.39, 0.29) is 0 Å². The number of amidine groups is 1. The Morgan fingerprint density at radius 2 is 1.86 bits per heavy atom. The van der Waals surface area contributed by atoms with Gasteiger partial charge >= 0.3 is 0 Å². The molecule has 7 nitrogen and oxygen atoms in total. The summed E-state index contributed by atoms with van der Waals surface area (Å²) in [4.78, 5) is 8.86. The highest BCUT2D eigenvalue weighted by atomic mass is 32.2. The van der Waals surface area contributed by atoms with Crippen molar-refractivity contribution in [2.75, 3.05) is 44.3 Å². The van der Waals surface area contributed by atoms with E-state index < -0.39 is 15.1 Å². The van der Waals surface area contributed by atoms with Crippen molar-refractivity contribution in [1.29, 1.82) is 0 Å². The van der Waals surface area contributed by atoms with Crippen molar-refractivity contribution >= 4 is 26.9 Å². The smallest absolute Gasteiger partial charge is 0.183 e. The van der Waals surface area contributed by atoms with E-state index in [9.17, 15) is 8.42 Å². The predicted molar refractivity (Wildman–Crippen MR) is 142 cm³/mol. The summed E-state index contributed by atoms with van der Waals surface area (Å²) in [6.45, 7) is 12.1. The van der Waals surface area contributed by atoms with Crippen LogP contribution < -0.4 is 10.6 Å². The number of nitrogens with zero attached hydrogens (tertiary/aromatic N) is 3. The van der Waals surface area contributed by atoms with Crippen LogP contribution in [0, 0.1) is 6.92 Å². The molecule has 0 amide bonds. The maximum absolute atomic E-state index is 13.7. The van der Waals surface area contributed by atoms with Crippen LogP contribution in [0.25, 0.3) is 5.57 Å². The number of sulfone groups is 1. The second-order valence-corrected chi connectivity index (χ2v) is 11.4. The van der Waals surface area contributed by atoms with Crippen molar-refractivity contribution in [3.63, 3.8) is 0 Å². The van der Waals surface area contributed by atoms with E-state index in [4.69, 9.17) is 10.5 Å². The van der Waals surface area contributed by atoms with Gasteiger partial charge in [0, 0.05) is 44.6 Å². The molecule has 0 atom stereocenters. The highest BCUT2D eigenvalue weighted by molar-refractivity contribution is 7.92. The minimum Gasteiger partial charge on any atom is -0.387 e. The van der Waals surface area contributed by atoms with Crippen LogP contribution in [0.2, 0.25) is 0 Å². The quantitative estimate of drug-likeness (QED) is 0.344. The molecule has 2 fully saturated rings. The van der Waals surface area contributed by atoms with Gasteiger partial charge in [-0.1, -0.05) is 42.5 Å². The van der Waals surface area contributed by atoms with Crippen molar-refractivity contribution in [2.24, 2.45) is 10.7 Å². The number of anilines is 1. The SMILES string of the molecule is C=C/C(=C\N=C(/C)N)c1cc(N2CCOCC2)cc(S(=O)(=O)C2CN(Cc3ccc(C)cc3)C2)c1. The number of benzene rings is 2. The van der Waals surface area contributed by atoms with Crippen LogP contribution >= 0.6 is 0 Å². The van der Waals surface area contributed by atoms with Crippen molar-refractivity contribution in [2.45, 2.75) is 30.5 Å². The van der Waals surface area contributed by atoms with E-state index in [1.807, 2.05) is 6.07 Å². The summed E-state index contributed by atoms with van der Waals surface area (Å²) in [6, 6.07) is 13.9. The van der Waals surface area contributed by atoms with E-state index in [0.717, 1.165) is 23.4 Å². The molecular formula is C27H34N4O3S. The summed E-state index contributed by atoms with van der Waals surface area (Å²) in [5, 5.41) is -0.429. The van der Waals surface area contributed by atoms with Crippen LogP contribution in [-0.4, -0.2) is 63.8 Å². The number of aryl methyl sites for hydroxylation is 1. The van der Waals surface area contributed by atoms with Gasteiger partial charge < -0.3 is 15.4 Å². The number of hydrogen-bond acceptors (Lipinski definition) is 6. The number of aliphatic imine (C=N–C) groups is 1. The number of likely N-dealkylation sites (tertiary alicyclic amines) is 1. The molecule has 0 aromatic heterocycles. The van der Waals surface area contributed by atoms with Crippen LogP contribution in [0.4, 0.5) is 5.69 Å². The Bertz CT molecular complexity index is 1220. The van der Waals surface area contributed by atoms with Crippen LogP contribution in [0.15, 0.2) is 71.2 Å². The van der Waals surface area contributed by atoms with Gasteiger partial charge in [0.1, 0.15) is 0 Å². The highest BCUT2D eigenvalue weighted by Crippen LogP contribution is 2.32. The zero-order valence-electron chi connectivity index (χ0n) is 20.5. The number of rotatable bonds is 8. The van der Waals surface area contributed by atoms with Gasteiger partial charge in [-0.2, -0.15) is 0 Å². The summed E-state index contributed by atoms with van der Waals surface area (Å²) >= 11 is 0. The van der Waals surface area contributed by atoms with Crippen molar-refractivity contribution in [3.05, 3.63) is 78.0 Å². The van der Waals surface area contributed by atoms with Crippen LogP contribution in [0.1, 0.15) is 23.6 Å². The second-order valence-electron chi connectivity index (χ2n) is 9.22. The molecular weight excluding hydrogens is 460 g/mol. The summed E-state index contributed by atoms with van der Waals surface area (Å²) in [5.41, 5.74) is 10.5. The Hall–Kier alpha value is -2.94. The van der Waals surface area contributed by atoms with Gasteiger partial charge in [-0.25, -0.2) is 13.4 Å². The highest BCUT2D eigenvalue weighted by Gasteiger charge is 2.38. The summed E-state index contributed by atoms with van der Waals surface area (Å²) in [6.07, 6.45) is 3.30. The lowest BCUT2D eigenvalue weighted by Gasteiger charge is -2.39. The molecule has 2 aliphatic heterocycles. The molecule has 4 rings (SSSR count). The molecule has 2 aliphatic rings. The van der Waals surface area contributed by atoms with E-state index in [0.29, 0.717) is 50.1 Å². The standard InChI is InChI=1S/C27H34N4O3S/c1-4-23(16-29-21(3)28)24-13-25(31-9-11-34-12-10-31)15-26(14-24)35(32,33)27-18-30(19-27)17-22-7-5-20(2)6-8-22/h4-8,13-16,27H,1,9-12,17-19H2,2-3H3,(H2,28,29)/b23-16+. The van der Waals surface area contributed by atoms with Crippen molar-refractivity contribution < 1.29 is 13.2 Å². The first-order valence-electron chi connectivity index (χ1n) is 11.9. The molecule has 186 valence electrons. The molecule has 0 bridgehead atoms. The Kier molecular flexibility index (Phi) is 7.74. The third-order valence-corrected chi connectivity index (χ3v) is 8.51. The van der Waals surface area contributed by atoms with Gasteiger partial charge in [0.25, 0.3) is 0 Å². The van der Waals surface area contributed by atoms with Gasteiger partial charge in [-0.3, -0.25) is 4.90 Å². The Morgan fingerprint density at radius 3 is 2.49 bits per heavy atom. The van der Waals surface area contributed by atoms with Gasteiger partial charge in [0.05, 0.1) is 29.2 Å². The third-order valence-electron chi connectivity index (χ3n) is 6.45. The lowest BCUT2D eigenvalue weighted by Crippen LogP contribution is -2.53. The van der Waals surface area contributed by atoms with Crippen LogP contribution in [-0.2, 0) is 21.1 Å². The number of ether oxygens (including phenoxy) is 1. The first kappa shape index (κ1) is 25.2. The molecule has 2 saturated heterocycles. The summed E-state index contributed by atoms with van der Waals surface area (Å²) in [7, 11) is -3.51. The van der Waals surface area contributed by atoms with Gasteiger partial charge in [0.15, 0.2) is 9.84 Å². The Morgan fingerprint density at radius 1 is 1.17 bits per heavy atom. The topological polar surface area (TPSA) is 88.2 Å². The molecule has 0 unspecified atom stereocenters. The van der Waals surface area contributed by atoms with E-state index >= 15 is 0 Å². The molecule has 35 heavy (non-hydrogen) atoms. The van der Waals surface area contributed by atoms with E-state index in [1.54, 1.807) is 31.3 Å². The first-order chi connectivity index (χ1) is 16.8. The summed E-state index contributed by atoms with van der Waals surface area (Å²) < 4.78 is 32.8. The fourth-order valence-electron chi connectivity index (χ4n) is 4.33. The Labute approximate surface area is 208 Å². The first-order valence-corrected chi connectivity index (χ1v) is 13.4. The van der Waals surface area contributed by atoms with Gasteiger partial charge in [-0.05, 0) is 48.7 Å². The molecule has 2 aromatic rings. The average Bonchev–Trinajstić information content (AvgIpc) is 2.82. The molecule has 8 heteroatoms. The zero-order chi connectivity index (χ0) is 25.0. The third kappa shape index (κ3) is 6.01. The fourth-order valence-corrected chi connectivity index (χ4v) is 6.10. The Balaban J connectivity index is 1.60. The van der Waals surface area contributed by atoms with Gasteiger partial charge in [-0.15, -0.1) is 0 Å². The lowest BCUT2D eigenvalue weighted by atomic mass is 10.1. The number of nitrogens with two attached hydrogens (primary N) is 1. The second kappa shape index (κ2) is 10.8. The largest absolute Gasteiger partial charge is 0.387 e. The van der Waals surface area contributed by atoms with E-state index in [2.05, 4.69) is 52.6 Å². The lowest BCUT2D eigenvalue weighted by molar-refractivity contribution is 0.122. The fraction of sp³-hybridized carbons (Fsp3) is 0.370. The normalized spacial score (nSPS) is 18.4. The maximum Gasteiger partial charge on any atom is 0.183 e. The molecule has 0 spiro atoms. The van der Waals surface area contributed by atoms with Crippen molar-refractivity contribution in [3.8, 4) is 0 Å². The van der Waals surface area contributed by atoms with E-state index in [1.165, 1.54) is 11.1 Å². The number of morpholine rings is 1. The number of hydrogen-bond donors (Lipinski definition) is 1. The molecule has 2 aromatic carbocycles. The molecule has 0 aliphatic carbocycles. The maximum atomic E-state index is 13.7. The molecule has 2 N–H and O–H groups in total. The predicted octanol–water partition coefficient (Wildman–Crippen LogP) is 3.39.